The van der Waals surface area contributed by atoms with Crippen molar-refractivity contribution in [3.05, 3.63) is 39.4 Å². The summed E-state index contributed by atoms with van der Waals surface area (Å²) >= 11 is 3.85. The Kier molecular flexibility index (Phi) is 4.28. The van der Waals surface area contributed by atoms with Crippen molar-refractivity contribution in [1.82, 2.24) is 0 Å². The van der Waals surface area contributed by atoms with E-state index in [-0.39, 0.29) is 17.0 Å². The van der Waals surface area contributed by atoms with Gasteiger partial charge in [0, 0.05) is 11.8 Å². The van der Waals surface area contributed by atoms with Gasteiger partial charge in [-0.25, -0.2) is 0 Å². The number of hydrogen-bond acceptors (Lipinski definition) is 5. The van der Waals surface area contributed by atoms with Crippen LogP contribution in [-0.4, -0.2) is 27.0 Å². The Hall–Kier alpha value is -1.11. The second-order valence-electron chi connectivity index (χ2n) is 3.46. The van der Waals surface area contributed by atoms with Crippen LogP contribution >= 0.6 is 12.6 Å². The van der Waals surface area contributed by atoms with E-state index in [4.69, 9.17) is 0 Å². The number of nitro benzene ring substituents is 1. The fourth-order valence-electron chi connectivity index (χ4n) is 1.50. The van der Waals surface area contributed by atoms with E-state index in [0.29, 0.717) is 5.56 Å². The minimum absolute atomic E-state index is 0.0344. The van der Waals surface area contributed by atoms with Crippen molar-refractivity contribution in [3.8, 4) is 0 Å². The molecule has 0 aliphatic carbocycles. The molecule has 88 valence electrons. The molecule has 2 N–H and O–H groups in total. The van der Waals surface area contributed by atoms with Crippen LogP contribution in [0, 0.1) is 17.0 Å². The standard InChI is InChI=1S/C10H13NO4S/c1-6-3-2-4-7(11(14)15)9(6)10(13)8(12)5-16/h2-4,8,10,12-13,16H,5H2,1H3. The number of aryl methyl sites for hydroxylation is 1. The van der Waals surface area contributed by atoms with Crippen LogP contribution < -0.4 is 0 Å². The SMILES string of the molecule is Cc1cccc([N+](=O)[O-])c1C(O)C(O)CS. The number of aliphatic hydroxyl groups is 2. The molecule has 1 aromatic carbocycles. The van der Waals surface area contributed by atoms with Gasteiger partial charge >= 0.3 is 0 Å². The Labute approximate surface area is 98.3 Å². The van der Waals surface area contributed by atoms with Crippen LogP contribution in [0.1, 0.15) is 17.2 Å². The van der Waals surface area contributed by atoms with E-state index in [0.717, 1.165) is 0 Å². The normalized spacial score (nSPS) is 14.5. The molecule has 0 fully saturated rings. The molecule has 0 saturated heterocycles. The number of benzene rings is 1. The van der Waals surface area contributed by atoms with Gasteiger partial charge in [0.2, 0.25) is 0 Å². The molecule has 6 heteroatoms. The van der Waals surface area contributed by atoms with Crippen molar-refractivity contribution >= 4 is 18.3 Å². The summed E-state index contributed by atoms with van der Waals surface area (Å²) in [6.45, 7) is 1.65. The summed E-state index contributed by atoms with van der Waals surface area (Å²) in [6, 6.07) is 4.49. The predicted octanol–water partition coefficient (Wildman–Crippen LogP) is 1.23. The Morgan fingerprint density at radius 3 is 2.62 bits per heavy atom. The van der Waals surface area contributed by atoms with E-state index in [9.17, 15) is 20.3 Å². The predicted molar refractivity (Wildman–Crippen MR) is 62.7 cm³/mol. The van der Waals surface area contributed by atoms with Crippen LogP contribution in [0.5, 0.6) is 0 Å². The van der Waals surface area contributed by atoms with Crippen LogP contribution in [0.25, 0.3) is 0 Å². The third-order valence-electron chi connectivity index (χ3n) is 2.35. The van der Waals surface area contributed by atoms with Crippen molar-refractivity contribution in [2.75, 3.05) is 5.75 Å². The first-order valence-electron chi connectivity index (χ1n) is 4.70. The summed E-state index contributed by atoms with van der Waals surface area (Å²) in [6.07, 6.45) is -2.41. The molecule has 0 aliphatic heterocycles. The quantitative estimate of drug-likeness (QED) is 0.422. The van der Waals surface area contributed by atoms with Crippen LogP contribution in [0.3, 0.4) is 0 Å². The molecule has 0 aromatic heterocycles. The lowest BCUT2D eigenvalue weighted by atomic mass is 9.98. The topological polar surface area (TPSA) is 83.6 Å². The monoisotopic (exact) mass is 243 g/mol. The molecule has 5 nitrogen and oxygen atoms in total. The smallest absolute Gasteiger partial charge is 0.275 e. The largest absolute Gasteiger partial charge is 0.389 e. The van der Waals surface area contributed by atoms with Gasteiger partial charge in [0.05, 0.1) is 16.6 Å². The lowest BCUT2D eigenvalue weighted by molar-refractivity contribution is -0.386. The first-order chi connectivity index (χ1) is 7.49. The van der Waals surface area contributed by atoms with Crippen molar-refractivity contribution < 1.29 is 15.1 Å². The molecule has 1 aromatic rings. The average molecular weight is 243 g/mol. The molecule has 0 aliphatic rings. The maximum atomic E-state index is 10.8. The van der Waals surface area contributed by atoms with E-state index < -0.39 is 17.1 Å². The fourth-order valence-corrected chi connectivity index (χ4v) is 1.70. The molecule has 2 unspecified atom stereocenters. The molecule has 0 saturated carbocycles. The van der Waals surface area contributed by atoms with Gasteiger partial charge in [0.15, 0.2) is 0 Å². The van der Waals surface area contributed by atoms with Gasteiger partial charge in [-0.3, -0.25) is 10.1 Å². The molecular weight excluding hydrogens is 230 g/mol. The first-order valence-corrected chi connectivity index (χ1v) is 5.33. The molecule has 16 heavy (non-hydrogen) atoms. The van der Waals surface area contributed by atoms with Gasteiger partial charge < -0.3 is 10.2 Å². The first kappa shape index (κ1) is 13.0. The molecule has 1 rings (SSSR count). The van der Waals surface area contributed by atoms with Crippen LogP contribution in [0.15, 0.2) is 18.2 Å². The number of nitrogens with zero attached hydrogens (tertiary/aromatic N) is 1. The maximum Gasteiger partial charge on any atom is 0.275 e. The maximum absolute atomic E-state index is 10.8. The minimum atomic E-state index is -1.29. The summed E-state index contributed by atoms with van der Waals surface area (Å²) in [5.41, 5.74) is 0.532. The molecule has 0 radical (unpaired) electrons. The Bertz CT molecular complexity index is 396. The summed E-state index contributed by atoms with van der Waals surface area (Å²) < 4.78 is 0. The minimum Gasteiger partial charge on any atom is -0.389 e. The van der Waals surface area contributed by atoms with Crippen LogP contribution in [0.2, 0.25) is 0 Å². The summed E-state index contributed by atoms with van der Waals surface area (Å²) in [4.78, 5) is 10.2. The highest BCUT2D eigenvalue weighted by atomic mass is 32.1. The second-order valence-corrected chi connectivity index (χ2v) is 3.82. The molecule has 0 amide bonds. The summed E-state index contributed by atoms with van der Waals surface area (Å²) in [5, 5.41) is 30.0. The third-order valence-corrected chi connectivity index (χ3v) is 2.72. The van der Waals surface area contributed by atoms with Gasteiger partial charge in [0.25, 0.3) is 5.69 Å². The highest BCUT2D eigenvalue weighted by molar-refractivity contribution is 7.80. The Morgan fingerprint density at radius 2 is 2.12 bits per heavy atom. The van der Waals surface area contributed by atoms with Crippen molar-refractivity contribution in [2.24, 2.45) is 0 Å². The van der Waals surface area contributed by atoms with Gasteiger partial charge in [-0.2, -0.15) is 12.6 Å². The summed E-state index contributed by atoms with van der Waals surface area (Å²) in [5.74, 6) is 0.0344. The summed E-state index contributed by atoms with van der Waals surface area (Å²) in [7, 11) is 0. The van der Waals surface area contributed by atoms with E-state index in [1.54, 1.807) is 13.0 Å². The van der Waals surface area contributed by atoms with Crippen LogP contribution in [-0.2, 0) is 0 Å². The van der Waals surface area contributed by atoms with E-state index >= 15 is 0 Å². The number of hydrogen-bond donors (Lipinski definition) is 3. The van der Waals surface area contributed by atoms with Gasteiger partial charge in [-0.05, 0) is 12.5 Å². The number of rotatable bonds is 4. The van der Waals surface area contributed by atoms with E-state index in [1.807, 2.05) is 0 Å². The van der Waals surface area contributed by atoms with E-state index in [2.05, 4.69) is 12.6 Å². The van der Waals surface area contributed by atoms with Gasteiger partial charge in [0.1, 0.15) is 6.10 Å². The van der Waals surface area contributed by atoms with Crippen molar-refractivity contribution in [3.63, 3.8) is 0 Å². The molecule has 0 heterocycles. The van der Waals surface area contributed by atoms with Gasteiger partial charge in [-0.1, -0.05) is 12.1 Å². The second kappa shape index (κ2) is 5.29. The lowest BCUT2D eigenvalue weighted by Crippen LogP contribution is -2.21. The molecule has 0 bridgehead atoms. The Balaban J connectivity index is 3.24. The highest BCUT2D eigenvalue weighted by Gasteiger charge is 2.26. The zero-order chi connectivity index (χ0) is 12.3. The van der Waals surface area contributed by atoms with Crippen LogP contribution in [0.4, 0.5) is 5.69 Å². The average Bonchev–Trinajstić information content (AvgIpc) is 2.26. The van der Waals surface area contributed by atoms with E-state index in [1.165, 1.54) is 12.1 Å². The van der Waals surface area contributed by atoms with Gasteiger partial charge in [-0.15, -0.1) is 0 Å². The van der Waals surface area contributed by atoms with Crippen molar-refractivity contribution in [2.45, 2.75) is 19.1 Å². The number of aliphatic hydroxyl groups excluding tert-OH is 2. The highest BCUT2D eigenvalue weighted by Crippen LogP contribution is 2.30. The number of thiol groups is 1. The van der Waals surface area contributed by atoms with Crippen molar-refractivity contribution in [1.29, 1.82) is 0 Å². The molecular formula is C10H13NO4S. The zero-order valence-corrected chi connectivity index (χ0v) is 9.59. The molecule has 0 spiro atoms. The zero-order valence-electron chi connectivity index (χ0n) is 8.70. The third kappa shape index (κ3) is 2.52. The molecule has 2 atom stereocenters. The Morgan fingerprint density at radius 1 is 1.50 bits per heavy atom. The number of nitro groups is 1. The fraction of sp³-hybridized carbons (Fsp3) is 0.400. The lowest BCUT2D eigenvalue weighted by Gasteiger charge is -2.17.